The number of aryl methyl sites for hydroxylation is 2. The van der Waals surface area contributed by atoms with Crippen LogP contribution < -0.4 is 0 Å². The number of carbonyl (C=O) groups is 1. The third kappa shape index (κ3) is 1.80. The first kappa shape index (κ1) is 11.9. The molecule has 1 atom stereocenters. The van der Waals surface area contributed by atoms with E-state index in [4.69, 9.17) is 11.6 Å². The van der Waals surface area contributed by atoms with E-state index in [0.717, 1.165) is 19.3 Å². The highest BCUT2D eigenvalue weighted by Gasteiger charge is 2.30. The van der Waals surface area contributed by atoms with Crippen molar-refractivity contribution in [2.75, 3.05) is 0 Å². The van der Waals surface area contributed by atoms with Crippen molar-refractivity contribution in [2.45, 2.75) is 25.2 Å². The van der Waals surface area contributed by atoms with Gasteiger partial charge in [-0.3, -0.25) is 9.48 Å². The lowest BCUT2D eigenvalue weighted by Crippen LogP contribution is -2.20. The van der Waals surface area contributed by atoms with Crippen LogP contribution in [0.1, 0.15) is 39.7 Å². The number of thiophene rings is 1. The maximum absolute atomic E-state index is 12.6. The first-order valence-electron chi connectivity index (χ1n) is 5.96. The molecule has 0 aliphatic heterocycles. The fraction of sp³-hybridized carbons (Fsp3) is 0.385. The summed E-state index contributed by atoms with van der Waals surface area (Å²) in [7, 11) is 1.76. The number of nitrogens with zero attached hydrogens (tertiary/aromatic N) is 2. The normalized spacial score (nSPS) is 18.7. The Labute approximate surface area is 114 Å². The van der Waals surface area contributed by atoms with E-state index in [2.05, 4.69) is 16.5 Å². The molecule has 0 spiro atoms. The summed E-state index contributed by atoms with van der Waals surface area (Å²) in [5.74, 6) is 0.0484. The second-order valence-corrected chi connectivity index (χ2v) is 5.98. The van der Waals surface area contributed by atoms with Gasteiger partial charge in [0.25, 0.3) is 0 Å². The summed E-state index contributed by atoms with van der Waals surface area (Å²) in [5, 5.41) is 6.56. The molecule has 2 aromatic heterocycles. The second-order valence-electron chi connectivity index (χ2n) is 4.57. The van der Waals surface area contributed by atoms with Crippen LogP contribution in [0, 0.1) is 0 Å². The Hall–Kier alpha value is -1.13. The summed E-state index contributed by atoms with van der Waals surface area (Å²) in [6.07, 6.45) is 4.60. The van der Waals surface area contributed by atoms with Gasteiger partial charge in [-0.2, -0.15) is 5.10 Å². The van der Waals surface area contributed by atoms with Crippen molar-refractivity contribution in [3.63, 3.8) is 0 Å². The highest BCUT2D eigenvalue weighted by molar-refractivity contribution is 7.10. The third-order valence-electron chi connectivity index (χ3n) is 3.50. The van der Waals surface area contributed by atoms with Gasteiger partial charge in [0.05, 0.1) is 17.1 Å². The van der Waals surface area contributed by atoms with Gasteiger partial charge in [-0.15, -0.1) is 11.3 Å². The molecule has 0 saturated heterocycles. The molecule has 0 radical (unpaired) electrons. The molecule has 2 heterocycles. The molecule has 0 bridgehead atoms. The van der Waals surface area contributed by atoms with E-state index in [1.165, 1.54) is 16.6 Å². The number of halogens is 1. The predicted octanol–water partition coefficient (Wildman–Crippen LogP) is 3.44. The number of carbonyl (C=O) groups excluding carboxylic acids is 1. The highest BCUT2D eigenvalue weighted by atomic mass is 35.5. The second kappa shape index (κ2) is 4.52. The van der Waals surface area contributed by atoms with E-state index >= 15 is 0 Å². The monoisotopic (exact) mass is 280 g/mol. The molecule has 1 aliphatic rings. The minimum absolute atomic E-state index is 0.0482. The summed E-state index contributed by atoms with van der Waals surface area (Å²) in [5.41, 5.74) is 1.72. The van der Waals surface area contributed by atoms with E-state index in [9.17, 15) is 4.79 Å². The van der Waals surface area contributed by atoms with Crippen LogP contribution in [-0.2, 0) is 13.5 Å². The first-order chi connectivity index (χ1) is 8.68. The molecule has 3 rings (SSSR count). The Morgan fingerprint density at radius 2 is 2.44 bits per heavy atom. The number of ketones is 1. The fourth-order valence-corrected chi connectivity index (χ4v) is 3.86. The van der Waals surface area contributed by atoms with Gasteiger partial charge in [0.15, 0.2) is 5.78 Å². The SMILES string of the molecule is Cn1ncc(Cl)c1C(=O)C1CCCc2sccc21. The van der Waals surface area contributed by atoms with Crippen molar-refractivity contribution < 1.29 is 4.79 Å². The largest absolute Gasteiger partial charge is 0.292 e. The average molecular weight is 281 g/mol. The lowest BCUT2D eigenvalue weighted by atomic mass is 9.84. The molecule has 18 heavy (non-hydrogen) atoms. The molecule has 3 nitrogen and oxygen atoms in total. The smallest absolute Gasteiger partial charge is 0.189 e. The van der Waals surface area contributed by atoms with E-state index < -0.39 is 0 Å². The Morgan fingerprint density at radius 3 is 3.17 bits per heavy atom. The van der Waals surface area contributed by atoms with Crippen molar-refractivity contribution in [3.05, 3.63) is 38.8 Å². The van der Waals surface area contributed by atoms with Gasteiger partial charge in [-0.1, -0.05) is 11.6 Å². The molecule has 0 aromatic carbocycles. The van der Waals surface area contributed by atoms with Gasteiger partial charge >= 0.3 is 0 Å². The predicted molar refractivity (Wildman–Crippen MR) is 72.5 cm³/mol. The molecule has 94 valence electrons. The maximum atomic E-state index is 12.6. The van der Waals surface area contributed by atoms with Crippen molar-refractivity contribution in [2.24, 2.45) is 7.05 Å². The standard InChI is InChI=1S/C13H13ClN2OS/c1-16-12(10(14)7-15-16)13(17)9-3-2-4-11-8(9)5-6-18-11/h5-7,9H,2-4H2,1H3. The molecular weight excluding hydrogens is 268 g/mol. The van der Waals surface area contributed by atoms with Crippen LogP contribution in [0.25, 0.3) is 0 Å². The zero-order valence-corrected chi connectivity index (χ0v) is 11.6. The van der Waals surface area contributed by atoms with Gasteiger partial charge in [-0.25, -0.2) is 0 Å². The number of aromatic nitrogens is 2. The van der Waals surface area contributed by atoms with Crippen LogP contribution in [0.3, 0.4) is 0 Å². The Balaban J connectivity index is 2.01. The van der Waals surface area contributed by atoms with Crippen molar-refractivity contribution >= 4 is 28.7 Å². The van der Waals surface area contributed by atoms with Gasteiger partial charge in [0.2, 0.25) is 0 Å². The van der Waals surface area contributed by atoms with Crippen LogP contribution in [0.15, 0.2) is 17.6 Å². The highest BCUT2D eigenvalue weighted by Crippen LogP contribution is 2.37. The molecule has 0 saturated carbocycles. The quantitative estimate of drug-likeness (QED) is 0.790. The van der Waals surface area contributed by atoms with Crippen LogP contribution in [-0.4, -0.2) is 15.6 Å². The Bertz CT molecular complexity index is 582. The summed E-state index contributed by atoms with van der Waals surface area (Å²) in [6.45, 7) is 0. The van der Waals surface area contributed by atoms with Crippen LogP contribution >= 0.6 is 22.9 Å². The molecule has 0 amide bonds. The van der Waals surface area contributed by atoms with Crippen LogP contribution in [0.2, 0.25) is 5.02 Å². The number of fused-ring (bicyclic) bond motifs is 1. The Morgan fingerprint density at radius 1 is 1.61 bits per heavy atom. The molecule has 1 aliphatic carbocycles. The van der Waals surface area contributed by atoms with E-state index in [1.807, 2.05) is 0 Å². The number of Topliss-reactive ketones (excluding diaryl/α,β-unsaturated/α-hetero) is 1. The minimum Gasteiger partial charge on any atom is -0.292 e. The van der Waals surface area contributed by atoms with Gasteiger partial charge < -0.3 is 0 Å². The minimum atomic E-state index is -0.0482. The van der Waals surface area contributed by atoms with Crippen LogP contribution in [0.4, 0.5) is 0 Å². The van der Waals surface area contributed by atoms with E-state index in [-0.39, 0.29) is 11.7 Å². The molecule has 0 N–H and O–H groups in total. The molecule has 1 unspecified atom stereocenters. The van der Waals surface area contributed by atoms with Crippen molar-refractivity contribution in [1.82, 2.24) is 9.78 Å². The molecule has 2 aromatic rings. The molecule has 5 heteroatoms. The zero-order chi connectivity index (χ0) is 12.7. The summed E-state index contributed by atoms with van der Waals surface area (Å²) in [6, 6.07) is 2.08. The first-order valence-corrected chi connectivity index (χ1v) is 7.22. The van der Waals surface area contributed by atoms with E-state index in [1.54, 1.807) is 23.1 Å². The lowest BCUT2D eigenvalue weighted by molar-refractivity contribution is 0.0942. The number of rotatable bonds is 2. The molecule has 0 fully saturated rings. The molecular formula is C13H13ClN2OS. The van der Waals surface area contributed by atoms with Crippen LogP contribution in [0.5, 0.6) is 0 Å². The number of hydrogen-bond acceptors (Lipinski definition) is 3. The summed E-state index contributed by atoms with van der Waals surface area (Å²) >= 11 is 7.80. The topological polar surface area (TPSA) is 34.9 Å². The average Bonchev–Trinajstić information content (AvgIpc) is 2.95. The van der Waals surface area contributed by atoms with Gasteiger partial charge in [0, 0.05) is 11.9 Å². The maximum Gasteiger partial charge on any atom is 0.189 e. The fourth-order valence-electron chi connectivity index (χ4n) is 2.61. The zero-order valence-electron chi connectivity index (χ0n) is 10.0. The number of hydrogen-bond donors (Lipinski definition) is 0. The summed E-state index contributed by atoms with van der Waals surface area (Å²) < 4.78 is 1.57. The Kier molecular flexibility index (Phi) is 2.99. The van der Waals surface area contributed by atoms with E-state index in [0.29, 0.717) is 10.7 Å². The lowest BCUT2D eigenvalue weighted by Gasteiger charge is -2.21. The van der Waals surface area contributed by atoms with Gasteiger partial charge in [0.1, 0.15) is 5.69 Å². The van der Waals surface area contributed by atoms with Crippen molar-refractivity contribution in [3.8, 4) is 0 Å². The third-order valence-corrected chi connectivity index (χ3v) is 4.77. The van der Waals surface area contributed by atoms with Gasteiger partial charge in [-0.05, 0) is 36.3 Å². The summed E-state index contributed by atoms with van der Waals surface area (Å²) in [4.78, 5) is 14.0. The van der Waals surface area contributed by atoms with Crippen molar-refractivity contribution in [1.29, 1.82) is 0 Å².